The van der Waals surface area contributed by atoms with Gasteiger partial charge in [0.25, 0.3) is 0 Å². The van der Waals surface area contributed by atoms with Gasteiger partial charge in [-0.2, -0.15) is 0 Å². The van der Waals surface area contributed by atoms with Crippen LogP contribution in [0.5, 0.6) is 5.75 Å². The Kier molecular flexibility index (Phi) is 6.63. The molecule has 0 bridgehead atoms. The standard InChI is InChI=1S/C22H29NO2/c1-5-17-9-6-7-10-20(17)23-21(24)11-8-16-25-19-14-12-18(13-15-19)22(2,3)4/h6-7,9-10,12-15H,5,8,11,16H2,1-4H3,(H,23,24). The van der Waals surface area contributed by atoms with E-state index < -0.39 is 0 Å². The molecule has 0 fully saturated rings. The zero-order valence-electron chi connectivity index (χ0n) is 15.8. The molecule has 0 saturated heterocycles. The number of aryl methyl sites for hydroxylation is 1. The lowest BCUT2D eigenvalue weighted by Gasteiger charge is -2.19. The lowest BCUT2D eigenvalue weighted by molar-refractivity contribution is -0.116. The third-order valence-corrected chi connectivity index (χ3v) is 4.21. The molecule has 0 heterocycles. The summed E-state index contributed by atoms with van der Waals surface area (Å²) in [7, 11) is 0. The molecule has 0 aromatic heterocycles. The Morgan fingerprint density at radius 3 is 2.36 bits per heavy atom. The molecule has 0 aliphatic rings. The number of carbonyl (C=O) groups is 1. The topological polar surface area (TPSA) is 38.3 Å². The van der Waals surface area contributed by atoms with Crippen LogP contribution in [-0.4, -0.2) is 12.5 Å². The molecule has 1 amide bonds. The van der Waals surface area contributed by atoms with Crippen molar-refractivity contribution in [3.63, 3.8) is 0 Å². The Balaban J connectivity index is 1.74. The van der Waals surface area contributed by atoms with E-state index in [0.29, 0.717) is 19.4 Å². The Morgan fingerprint density at radius 2 is 1.72 bits per heavy atom. The maximum atomic E-state index is 12.1. The number of ether oxygens (including phenoxy) is 1. The van der Waals surface area contributed by atoms with Crippen molar-refractivity contribution in [3.8, 4) is 5.75 Å². The summed E-state index contributed by atoms with van der Waals surface area (Å²) in [6.45, 7) is 9.20. The number of para-hydroxylation sites is 1. The molecule has 25 heavy (non-hydrogen) atoms. The van der Waals surface area contributed by atoms with Gasteiger partial charge in [-0.15, -0.1) is 0 Å². The average Bonchev–Trinajstić information content (AvgIpc) is 2.59. The van der Waals surface area contributed by atoms with Crippen molar-refractivity contribution in [2.45, 2.75) is 52.4 Å². The highest BCUT2D eigenvalue weighted by Crippen LogP contribution is 2.24. The van der Waals surface area contributed by atoms with Crippen molar-refractivity contribution in [1.82, 2.24) is 0 Å². The number of amides is 1. The van der Waals surface area contributed by atoms with E-state index in [1.54, 1.807) is 0 Å². The lowest BCUT2D eigenvalue weighted by Crippen LogP contribution is -2.14. The van der Waals surface area contributed by atoms with Crippen molar-refractivity contribution in [2.75, 3.05) is 11.9 Å². The summed E-state index contributed by atoms with van der Waals surface area (Å²) in [6.07, 6.45) is 2.06. The molecule has 2 aromatic carbocycles. The molecule has 0 aliphatic carbocycles. The van der Waals surface area contributed by atoms with E-state index in [1.807, 2.05) is 36.4 Å². The molecule has 0 aliphatic heterocycles. The van der Waals surface area contributed by atoms with E-state index in [-0.39, 0.29) is 11.3 Å². The minimum Gasteiger partial charge on any atom is -0.494 e. The Hall–Kier alpha value is -2.29. The molecule has 0 saturated carbocycles. The molecular weight excluding hydrogens is 310 g/mol. The van der Waals surface area contributed by atoms with Gasteiger partial charge >= 0.3 is 0 Å². The Bertz CT molecular complexity index is 684. The number of rotatable bonds is 7. The Morgan fingerprint density at radius 1 is 1.04 bits per heavy atom. The molecule has 0 atom stereocenters. The van der Waals surface area contributed by atoms with Crippen molar-refractivity contribution >= 4 is 11.6 Å². The molecule has 3 heteroatoms. The summed E-state index contributed by atoms with van der Waals surface area (Å²) < 4.78 is 5.74. The fourth-order valence-electron chi connectivity index (χ4n) is 2.64. The van der Waals surface area contributed by atoms with Crippen molar-refractivity contribution in [1.29, 1.82) is 0 Å². The molecule has 1 N–H and O–H groups in total. The van der Waals surface area contributed by atoms with Crippen LogP contribution >= 0.6 is 0 Å². The maximum Gasteiger partial charge on any atom is 0.224 e. The van der Waals surface area contributed by atoms with E-state index in [4.69, 9.17) is 4.74 Å². The number of hydrogen-bond donors (Lipinski definition) is 1. The first-order chi connectivity index (χ1) is 11.9. The summed E-state index contributed by atoms with van der Waals surface area (Å²) >= 11 is 0. The minimum absolute atomic E-state index is 0.0348. The smallest absolute Gasteiger partial charge is 0.224 e. The number of carbonyl (C=O) groups excluding carboxylic acids is 1. The summed E-state index contributed by atoms with van der Waals surface area (Å²) in [4.78, 5) is 12.1. The van der Waals surface area contributed by atoms with E-state index in [9.17, 15) is 4.79 Å². The zero-order valence-corrected chi connectivity index (χ0v) is 15.8. The Labute approximate surface area is 151 Å². The van der Waals surface area contributed by atoms with Gasteiger partial charge in [0.1, 0.15) is 5.75 Å². The molecular formula is C22H29NO2. The maximum absolute atomic E-state index is 12.1. The molecule has 0 spiro atoms. The second kappa shape index (κ2) is 8.70. The third kappa shape index (κ3) is 5.93. The summed E-state index contributed by atoms with van der Waals surface area (Å²) in [5.74, 6) is 0.886. The highest BCUT2D eigenvalue weighted by Gasteiger charge is 2.13. The van der Waals surface area contributed by atoms with Crippen molar-refractivity contribution in [3.05, 3.63) is 59.7 Å². The monoisotopic (exact) mass is 339 g/mol. The van der Waals surface area contributed by atoms with E-state index in [1.165, 1.54) is 5.56 Å². The van der Waals surface area contributed by atoms with E-state index in [0.717, 1.165) is 23.4 Å². The van der Waals surface area contributed by atoms with Crippen LogP contribution in [0.1, 0.15) is 51.7 Å². The van der Waals surface area contributed by atoms with Gasteiger partial charge in [-0.05, 0) is 47.6 Å². The van der Waals surface area contributed by atoms with Crippen LogP contribution in [0.2, 0.25) is 0 Å². The van der Waals surface area contributed by atoms with Gasteiger partial charge in [-0.25, -0.2) is 0 Å². The van der Waals surface area contributed by atoms with Gasteiger partial charge in [-0.1, -0.05) is 58.0 Å². The molecule has 134 valence electrons. The first-order valence-corrected chi connectivity index (χ1v) is 9.01. The van der Waals surface area contributed by atoms with Crippen LogP contribution < -0.4 is 10.1 Å². The molecule has 3 nitrogen and oxygen atoms in total. The highest BCUT2D eigenvalue weighted by atomic mass is 16.5. The van der Waals surface area contributed by atoms with Gasteiger partial charge in [-0.3, -0.25) is 4.79 Å². The first kappa shape index (κ1) is 19.0. The van der Waals surface area contributed by atoms with Crippen LogP contribution in [0.15, 0.2) is 48.5 Å². The predicted octanol–water partition coefficient (Wildman–Crippen LogP) is 5.34. The van der Waals surface area contributed by atoms with Gasteiger partial charge < -0.3 is 10.1 Å². The van der Waals surface area contributed by atoms with Crippen LogP contribution in [0.4, 0.5) is 5.69 Å². The zero-order chi connectivity index (χ0) is 18.3. The van der Waals surface area contributed by atoms with Crippen LogP contribution in [0.25, 0.3) is 0 Å². The molecule has 0 unspecified atom stereocenters. The van der Waals surface area contributed by atoms with Gasteiger partial charge in [0.2, 0.25) is 5.91 Å². The fraction of sp³-hybridized carbons (Fsp3) is 0.409. The van der Waals surface area contributed by atoms with Gasteiger partial charge in [0.05, 0.1) is 6.61 Å². The molecule has 2 rings (SSSR count). The second-order valence-electron chi connectivity index (χ2n) is 7.29. The average molecular weight is 339 g/mol. The summed E-state index contributed by atoms with van der Waals surface area (Å²) in [6, 6.07) is 16.1. The number of nitrogens with one attached hydrogen (secondary N) is 1. The predicted molar refractivity (Wildman–Crippen MR) is 104 cm³/mol. The van der Waals surface area contributed by atoms with E-state index >= 15 is 0 Å². The van der Waals surface area contributed by atoms with Crippen LogP contribution in [-0.2, 0) is 16.6 Å². The van der Waals surface area contributed by atoms with Gasteiger partial charge in [0, 0.05) is 12.1 Å². The largest absolute Gasteiger partial charge is 0.494 e. The van der Waals surface area contributed by atoms with Crippen LogP contribution in [0.3, 0.4) is 0 Å². The quantitative estimate of drug-likeness (QED) is 0.691. The first-order valence-electron chi connectivity index (χ1n) is 9.01. The van der Waals surface area contributed by atoms with Crippen molar-refractivity contribution in [2.24, 2.45) is 0 Å². The number of anilines is 1. The number of hydrogen-bond acceptors (Lipinski definition) is 2. The normalized spacial score (nSPS) is 11.2. The molecule has 2 aromatic rings. The second-order valence-corrected chi connectivity index (χ2v) is 7.29. The summed E-state index contributed by atoms with van der Waals surface area (Å²) in [5, 5.41) is 2.99. The van der Waals surface area contributed by atoms with E-state index in [2.05, 4.69) is 45.1 Å². The minimum atomic E-state index is 0.0348. The summed E-state index contributed by atoms with van der Waals surface area (Å²) in [5.41, 5.74) is 3.50. The number of benzene rings is 2. The van der Waals surface area contributed by atoms with Gasteiger partial charge in [0.15, 0.2) is 0 Å². The lowest BCUT2D eigenvalue weighted by atomic mass is 9.87. The third-order valence-electron chi connectivity index (χ3n) is 4.21. The fourth-order valence-corrected chi connectivity index (χ4v) is 2.64. The van der Waals surface area contributed by atoms with Crippen molar-refractivity contribution < 1.29 is 9.53 Å². The van der Waals surface area contributed by atoms with Crippen LogP contribution in [0, 0.1) is 0 Å². The highest BCUT2D eigenvalue weighted by molar-refractivity contribution is 5.91. The SMILES string of the molecule is CCc1ccccc1NC(=O)CCCOc1ccc(C(C)(C)C)cc1. The molecule has 0 radical (unpaired) electrons.